The Balaban J connectivity index is 2.40. The van der Waals surface area contributed by atoms with Gasteiger partial charge in [-0.3, -0.25) is 5.10 Å². The number of aromatic amines is 1. The van der Waals surface area contributed by atoms with Crippen LogP contribution in [0.5, 0.6) is 0 Å². The van der Waals surface area contributed by atoms with Gasteiger partial charge in [-0.05, 0) is 18.6 Å². The zero-order chi connectivity index (χ0) is 12.6. The van der Waals surface area contributed by atoms with Crippen LogP contribution in [0.4, 0.5) is 5.69 Å². The summed E-state index contributed by atoms with van der Waals surface area (Å²) in [6.45, 7) is 8.28. The number of hydrogen-bond acceptors (Lipinski definition) is 3. The normalized spacial score (nSPS) is 11.8. The van der Waals surface area contributed by atoms with E-state index in [0.29, 0.717) is 5.82 Å². The maximum absolute atomic E-state index is 5.88. The monoisotopic (exact) mass is 230 g/mol. The molecule has 17 heavy (non-hydrogen) atoms. The molecule has 3 N–H and O–H groups in total. The van der Waals surface area contributed by atoms with Crippen LogP contribution in [0.15, 0.2) is 18.2 Å². The summed E-state index contributed by atoms with van der Waals surface area (Å²) in [5.74, 6) is 1.58. The summed E-state index contributed by atoms with van der Waals surface area (Å²) in [5.41, 5.74) is 8.64. The van der Waals surface area contributed by atoms with Gasteiger partial charge in [-0.15, -0.1) is 0 Å². The Kier molecular flexibility index (Phi) is 2.65. The zero-order valence-electron chi connectivity index (χ0n) is 10.7. The summed E-state index contributed by atoms with van der Waals surface area (Å²) in [5, 5.41) is 7.21. The highest BCUT2D eigenvalue weighted by molar-refractivity contribution is 5.63. The van der Waals surface area contributed by atoms with E-state index in [9.17, 15) is 0 Å². The second-order valence-corrected chi connectivity index (χ2v) is 5.33. The molecule has 1 aromatic heterocycles. The molecule has 4 heteroatoms. The SMILES string of the molecule is Cc1ccc(-c2n[nH]c(C(C)(C)C)n2)cc1N. The summed E-state index contributed by atoms with van der Waals surface area (Å²) in [4.78, 5) is 4.50. The van der Waals surface area contributed by atoms with Crippen molar-refractivity contribution in [3.63, 3.8) is 0 Å². The number of nitrogens with two attached hydrogens (primary N) is 1. The number of nitrogens with one attached hydrogen (secondary N) is 1. The third-order valence-electron chi connectivity index (χ3n) is 2.73. The molecule has 0 saturated heterocycles. The summed E-state index contributed by atoms with van der Waals surface area (Å²) in [6, 6.07) is 5.88. The highest BCUT2D eigenvalue weighted by Gasteiger charge is 2.19. The largest absolute Gasteiger partial charge is 0.398 e. The van der Waals surface area contributed by atoms with Gasteiger partial charge in [-0.25, -0.2) is 4.98 Å². The van der Waals surface area contributed by atoms with Crippen molar-refractivity contribution >= 4 is 5.69 Å². The van der Waals surface area contributed by atoms with Crippen LogP contribution in [0, 0.1) is 6.92 Å². The van der Waals surface area contributed by atoms with E-state index in [1.807, 2.05) is 25.1 Å². The first-order valence-corrected chi connectivity index (χ1v) is 5.67. The molecule has 2 rings (SSSR count). The van der Waals surface area contributed by atoms with Crippen molar-refractivity contribution in [3.05, 3.63) is 29.6 Å². The van der Waals surface area contributed by atoms with Crippen LogP contribution in [-0.2, 0) is 5.41 Å². The molecule has 0 spiro atoms. The summed E-state index contributed by atoms with van der Waals surface area (Å²) >= 11 is 0. The number of hydrogen-bond donors (Lipinski definition) is 2. The number of aryl methyl sites for hydroxylation is 1. The topological polar surface area (TPSA) is 67.6 Å². The molecule has 0 bridgehead atoms. The average molecular weight is 230 g/mol. The van der Waals surface area contributed by atoms with Gasteiger partial charge in [0.25, 0.3) is 0 Å². The van der Waals surface area contributed by atoms with Crippen molar-refractivity contribution in [1.29, 1.82) is 0 Å². The van der Waals surface area contributed by atoms with Crippen LogP contribution in [0.1, 0.15) is 32.2 Å². The molecule has 0 aliphatic carbocycles. The first-order valence-electron chi connectivity index (χ1n) is 5.67. The highest BCUT2D eigenvalue weighted by Crippen LogP contribution is 2.23. The van der Waals surface area contributed by atoms with E-state index >= 15 is 0 Å². The quantitative estimate of drug-likeness (QED) is 0.740. The maximum Gasteiger partial charge on any atom is 0.181 e. The molecular formula is C13H18N4. The minimum Gasteiger partial charge on any atom is -0.398 e. The lowest BCUT2D eigenvalue weighted by Gasteiger charge is -2.12. The van der Waals surface area contributed by atoms with Gasteiger partial charge in [0.2, 0.25) is 0 Å². The van der Waals surface area contributed by atoms with Crippen LogP contribution >= 0.6 is 0 Å². The molecular weight excluding hydrogens is 212 g/mol. The number of anilines is 1. The molecule has 0 aliphatic rings. The van der Waals surface area contributed by atoms with Gasteiger partial charge in [0, 0.05) is 16.7 Å². The van der Waals surface area contributed by atoms with Crippen LogP contribution in [0.2, 0.25) is 0 Å². The molecule has 0 radical (unpaired) electrons. The minimum absolute atomic E-state index is 0.0263. The molecule has 2 aromatic rings. The van der Waals surface area contributed by atoms with E-state index in [1.54, 1.807) is 0 Å². The first-order chi connectivity index (χ1) is 7.88. The van der Waals surface area contributed by atoms with Crippen molar-refractivity contribution in [2.24, 2.45) is 0 Å². The summed E-state index contributed by atoms with van der Waals surface area (Å²) < 4.78 is 0. The molecule has 1 heterocycles. The second-order valence-electron chi connectivity index (χ2n) is 5.33. The summed E-state index contributed by atoms with van der Waals surface area (Å²) in [7, 11) is 0. The molecule has 0 unspecified atom stereocenters. The number of benzene rings is 1. The van der Waals surface area contributed by atoms with Gasteiger partial charge in [0.15, 0.2) is 5.82 Å². The number of H-pyrrole nitrogens is 1. The van der Waals surface area contributed by atoms with Crippen molar-refractivity contribution in [3.8, 4) is 11.4 Å². The van der Waals surface area contributed by atoms with E-state index in [-0.39, 0.29) is 5.41 Å². The Hall–Kier alpha value is -1.84. The maximum atomic E-state index is 5.88. The standard InChI is InChI=1S/C13H18N4/c1-8-5-6-9(7-10(8)14)11-15-12(17-16-11)13(2,3)4/h5-7H,14H2,1-4H3,(H,15,16,17). The Morgan fingerprint density at radius 3 is 2.47 bits per heavy atom. The smallest absolute Gasteiger partial charge is 0.181 e. The van der Waals surface area contributed by atoms with Crippen molar-refractivity contribution < 1.29 is 0 Å². The van der Waals surface area contributed by atoms with Gasteiger partial charge in [0.1, 0.15) is 5.82 Å². The Labute approximate surface area is 101 Å². The molecule has 0 saturated carbocycles. The Morgan fingerprint density at radius 2 is 1.94 bits per heavy atom. The number of aromatic nitrogens is 3. The van der Waals surface area contributed by atoms with Crippen LogP contribution < -0.4 is 5.73 Å². The second kappa shape index (κ2) is 3.87. The van der Waals surface area contributed by atoms with Crippen molar-refractivity contribution in [2.45, 2.75) is 33.1 Å². The molecule has 90 valence electrons. The fourth-order valence-electron chi connectivity index (χ4n) is 1.51. The molecule has 4 nitrogen and oxygen atoms in total. The predicted octanol–water partition coefficient (Wildman–Crippen LogP) is 2.66. The number of nitrogens with zero attached hydrogens (tertiary/aromatic N) is 2. The fraction of sp³-hybridized carbons (Fsp3) is 0.385. The Morgan fingerprint density at radius 1 is 1.24 bits per heavy atom. The van der Waals surface area contributed by atoms with Crippen LogP contribution in [0.3, 0.4) is 0 Å². The van der Waals surface area contributed by atoms with Gasteiger partial charge in [0.05, 0.1) is 0 Å². The lowest BCUT2D eigenvalue weighted by atomic mass is 9.96. The molecule has 0 atom stereocenters. The highest BCUT2D eigenvalue weighted by atomic mass is 15.2. The third-order valence-corrected chi connectivity index (χ3v) is 2.73. The predicted molar refractivity (Wildman–Crippen MR) is 69.7 cm³/mol. The van der Waals surface area contributed by atoms with E-state index in [4.69, 9.17) is 5.73 Å². The lowest BCUT2D eigenvalue weighted by molar-refractivity contribution is 0.548. The van der Waals surface area contributed by atoms with E-state index < -0.39 is 0 Å². The molecule has 0 aliphatic heterocycles. The van der Waals surface area contributed by atoms with E-state index in [1.165, 1.54) is 0 Å². The molecule has 1 aromatic carbocycles. The van der Waals surface area contributed by atoms with Crippen LogP contribution in [-0.4, -0.2) is 15.2 Å². The van der Waals surface area contributed by atoms with E-state index in [2.05, 4.69) is 36.0 Å². The average Bonchev–Trinajstić information content (AvgIpc) is 2.70. The lowest BCUT2D eigenvalue weighted by Crippen LogP contribution is -2.13. The minimum atomic E-state index is -0.0263. The third kappa shape index (κ3) is 2.30. The van der Waals surface area contributed by atoms with Gasteiger partial charge in [-0.2, -0.15) is 5.10 Å². The van der Waals surface area contributed by atoms with Gasteiger partial charge >= 0.3 is 0 Å². The van der Waals surface area contributed by atoms with Crippen molar-refractivity contribution in [2.75, 3.05) is 5.73 Å². The van der Waals surface area contributed by atoms with Gasteiger partial charge in [-0.1, -0.05) is 32.9 Å². The van der Waals surface area contributed by atoms with Crippen LogP contribution in [0.25, 0.3) is 11.4 Å². The first kappa shape index (κ1) is 11.6. The number of nitrogen functional groups attached to an aromatic ring is 1. The Bertz CT molecular complexity index is 535. The zero-order valence-corrected chi connectivity index (χ0v) is 10.7. The van der Waals surface area contributed by atoms with Crippen molar-refractivity contribution in [1.82, 2.24) is 15.2 Å². The number of rotatable bonds is 1. The van der Waals surface area contributed by atoms with E-state index in [0.717, 1.165) is 22.6 Å². The fourth-order valence-corrected chi connectivity index (χ4v) is 1.51. The summed E-state index contributed by atoms with van der Waals surface area (Å²) in [6.07, 6.45) is 0. The molecule has 0 fully saturated rings. The van der Waals surface area contributed by atoms with Gasteiger partial charge < -0.3 is 5.73 Å². The molecule has 0 amide bonds.